The number of H-pyrrole nitrogens is 1. The summed E-state index contributed by atoms with van der Waals surface area (Å²) < 4.78 is 0. The number of carbonyl (C=O) groups excluding carboxylic acids is 1. The van der Waals surface area contributed by atoms with Crippen molar-refractivity contribution in [1.29, 1.82) is 0 Å². The molecule has 192 valence electrons. The van der Waals surface area contributed by atoms with Gasteiger partial charge in [0.2, 0.25) is 0 Å². The number of anilines is 3. The molecule has 10 heteroatoms. The third kappa shape index (κ3) is 7.28. The van der Waals surface area contributed by atoms with E-state index in [0.717, 1.165) is 60.5 Å². The van der Waals surface area contributed by atoms with Crippen LogP contribution in [0.1, 0.15) is 25.1 Å². The lowest BCUT2D eigenvalue weighted by Gasteiger charge is -2.41. The number of nitrogens with zero attached hydrogens (tertiary/aromatic N) is 6. The van der Waals surface area contributed by atoms with Gasteiger partial charge in [0.1, 0.15) is 17.4 Å². The summed E-state index contributed by atoms with van der Waals surface area (Å²) in [5.74, 6) is 2.51. The molecule has 1 saturated heterocycles. The number of rotatable bonds is 10. The van der Waals surface area contributed by atoms with Gasteiger partial charge >= 0.3 is 0 Å². The van der Waals surface area contributed by atoms with Crippen LogP contribution in [-0.2, 0) is 11.2 Å². The summed E-state index contributed by atoms with van der Waals surface area (Å²) in [6.45, 7) is 10.9. The minimum atomic E-state index is 0.159. The minimum absolute atomic E-state index is 0.159. The minimum Gasteiger partial charge on any atom is -0.351 e. The first-order chi connectivity index (χ1) is 17.2. The van der Waals surface area contributed by atoms with Gasteiger partial charge in [0.25, 0.3) is 0 Å². The van der Waals surface area contributed by atoms with Gasteiger partial charge in [0.15, 0.2) is 11.0 Å². The molecule has 0 bridgehead atoms. The summed E-state index contributed by atoms with van der Waals surface area (Å²) in [4.78, 5) is 29.3. The van der Waals surface area contributed by atoms with E-state index in [0.29, 0.717) is 23.4 Å². The topological polar surface area (TPSA) is 93.3 Å². The third-order valence-corrected chi connectivity index (χ3v) is 6.98. The highest BCUT2D eigenvalue weighted by molar-refractivity contribution is 7.99. The maximum Gasteiger partial charge on any atom is 0.196 e. The van der Waals surface area contributed by atoms with Crippen molar-refractivity contribution in [2.75, 3.05) is 57.0 Å². The number of likely N-dealkylation sites (N-methyl/N-ethyl adjacent to an activating group) is 1. The largest absolute Gasteiger partial charge is 0.351 e. The number of aromatic nitrogens is 4. The monoisotopic (exact) mass is 508 g/mol. The van der Waals surface area contributed by atoms with Gasteiger partial charge in [-0.3, -0.25) is 14.8 Å². The summed E-state index contributed by atoms with van der Waals surface area (Å²) in [7, 11) is 4.23. The summed E-state index contributed by atoms with van der Waals surface area (Å²) in [5, 5.41) is 11.3. The van der Waals surface area contributed by atoms with Crippen LogP contribution in [0.2, 0.25) is 0 Å². The number of carbonyl (C=O) groups is 1. The van der Waals surface area contributed by atoms with Crippen LogP contribution < -0.4 is 10.2 Å². The molecule has 1 aliphatic rings. The maximum absolute atomic E-state index is 11.4. The number of aryl methyl sites for hydroxylation is 1. The molecule has 0 saturated carbocycles. The SMILES string of the molecule is CC(=O)Cc1ccc(Sc2nc(Nc3cc(C)[nH]n3)cc(N3CCN(CCN(C)C)CC3C)n2)cc1. The van der Waals surface area contributed by atoms with Gasteiger partial charge < -0.3 is 15.1 Å². The first-order valence-corrected chi connectivity index (χ1v) is 13.1. The number of ketones is 1. The van der Waals surface area contributed by atoms with Crippen molar-refractivity contribution in [1.82, 2.24) is 30.0 Å². The Bertz CT molecular complexity index is 1160. The first-order valence-electron chi connectivity index (χ1n) is 12.3. The van der Waals surface area contributed by atoms with Gasteiger partial charge in [0.05, 0.1) is 0 Å². The zero-order chi connectivity index (χ0) is 25.7. The number of Topliss-reactive ketones (excluding diaryl/α,β-unsaturated/α-hetero) is 1. The molecule has 1 unspecified atom stereocenters. The van der Waals surface area contributed by atoms with Crippen LogP contribution >= 0.6 is 11.8 Å². The van der Waals surface area contributed by atoms with E-state index in [1.165, 1.54) is 11.8 Å². The number of piperazine rings is 1. The summed E-state index contributed by atoms with van der Waals surface area (Å²) in [5.41, 5.74) is 1.99. The fourth-order valence-corrected chi connectivity index (χ4v) is 5.04. The van der Waals surface area contributed by atoms with E-state index >= 15 is 0 Å². The predicted molar refractivity (Wildman–Crippen MR) is 145 cm³/mol. The zero-order valence-corrected chi connectivity index (χ0v) is 22.6. The fourth-order valence-electron chi connectivity index (χ4n) is 4.27. The molecule has 4 rings (SSSR count). The average molecular weight is 509 g/mol. The Kier molecular flexibility index (Phi) is 8.60. The Labute approximate surface area is 217 Å². The van der Waals surface area contributed by atoms with Crippen molar-refractivity contribution in [2.45, 2.75) is 43.3 Å². The number of hydrogen-bond acceptors (Lipinski definition) is 9. The van der Waals surface area contributed by atoms with Gasteiger partial charge in [-0.25, -0.2) is 9.97 Å². The van der Waals surface area contributed by atoms with Crippen LogP contribution in [0, 0.1) is 6.92 Å². The van der Waals surface area contributed by atoms with E-state index in [2.05, 4.69) is 51.2 Å². The van der Waals surface area contributed by atoms with Gasteiger partial charge in [-0.05, 0) is 64.3 Å². The van der Waals surface area contributed by atoms with Crippen molar-refractivity contribution >= 4 is 35.0 Å². The van der Waals surface area contributed by atoms with Crippen LogP contribution in [0.4, 0.5) is 17.5 Å². The van der Waals surface area contributed by atoms with Crippen molar-refractivity contribution in [3.05, 3.63) is 47.7 Å². The van der Waals surface area contributed by atoms with Crippen LogP contribution in [-0.4, -0.2) is 88.6 Å². The summed E-state index contributed by atoms with van der Waals surface area (Å²) in [6.07, 6.45) is 0.451. The molecule has 1 aliphatic heterocycles. The molecule has 0 radical (unpaired) electrons. The van der Waals surface area contributed by atoms with Crippen LogP contribution in [0.25, 0.3) is 0 Å². The predicted octanol–water partition coefficient (Wildman–Crippen LogP) is 3.61. The van der Waals surface area contributed by atoms with Gasteiger partial charge in [0, 0.05) is 67.9 Å². The summed E-state index contributed by atoms with van der Waals surface area (Å²) >= 11 is 1.52. The Morgan fingerprint density at radius 3 is 2.58 bits per heavy atom. The maximum atomic E-state index is 11.4. The number of aromatic amines is 1. The molecule has 0 aliphatic carbocycles. The van der Waals surface area contributed by atoms with E-state index in [4.69, 9.17) is 9.97 Å². The number of benzene rings is 1. The lowest BCUT2D eigenvalue weighted by molar-refractivity contribution is -0.116. The van der Waals surface area contributed by atoms with E-state index < -0.39 is 0 Å². The van der Waals surface area contributed by atoms with Gasteiger partial charge in [-0.2, -0.15) is 5.10 Å². The number of hydrogen-bond donors (Lipinski definition) is 2. The van der Waals surface area contributed by atoms with Crippen molar-refractivity contribution in [3.8, 4) is 0 Å². The molecule has 9 nitrogen and oxygen atoms in total. The Hall–Kier alpha value is -2.95. The van der Waals surface area contributed by atoms with E-state index in [-0.39, 0.29) is 5.78 Å². The van der Waals surface area contributed by atoms with Crippen LogP contribution in [0.5, 0.6) is 0 Å². The molecule has 1 atom stereocenters. The molecule has 0 spiro atoms. The fraction of sp³-hybridized carbons (Fsp3) is 0.462. The third-order valence-electron chi connectivity index (χ3n) is 6.11. The van der Waals surface area contributed by atoms with Crippen molar-refractivity contribution in [3.63, 3.8) is 0 Å². The van der Waals surface area contributed by atoms with E-state index in [9.17, 15) is 4.79 Å². The molecule has 36 heavy (non-hydrogen) atoms. The molecule has 3 heterocycles. The molecule has 3 aromatic rings. The molecular formula is C26H36N8OS. The highest BCUT2D eigenvalue weighted by Gasteiger charge is 2.25. The van der Waals surface area contributed by atoms with Gasteiger partial charge in [-0.15, -0.1) is 0 Å². The normalized spacial score (nSPS) is 16.5. The van der Waals surface area contributed by atoms with Gasteiger partial charge in [-0.1, -0.05) is 12.1 Å². The van der Waals surface area contributed by atoms with E-state index in [1.807, 2.05) is 43.3 Å². The second kappa shape index (κ2) is 11.9. The van der Waals surface area contributed by atoms with Crippen LogP contribution in [0.15, 0.2) is 46.5 Å². The lowest BCUT2D eigenvalue weighted by atomic mass is 10.1. The van der Waals surface area contributed by atoms with Crippen LogP contribution in [0.3, 0.4) is 0 Å². The average Bonchev–Trinajstić information content (AvgIpc) is 3.23. The second-order valence-electron chi connectivity index (χ2n) is 9.73. The number of nitrogens with one attached hydrogen (secondary N) is 2. The standard InChI is InChI=1S/C26H36N8OS/c1-18-14-24(31-30-18)27-23-16-25(34-13-12-33(17-19(34)2)11-10-32(4)5)29-26(28-23)36-22-8-6-21(7-9-22)15-20(3)35/h6-9,14,16,19H,10-13,15,17H2,1-5H3,(H2,27,28,29,30,31). The Morgan fingerprint density at radius 1 is 1.17 bits per heavy atom. The molecule has 0 amide bonds. The van der Waals surface area contributed by atoms with Crippen molar-refractivity contribution in [2.24, 2.45) is 0 Å². The molecule has 1 fully saturated rings. The molecule has 1 aromatic carbocycles. The summed E-state index contributed by atoms with van der Waals surface area (Å²) in [6, 6.07) is 12.3. The quantitative estimate of drug-likeness (QED) is 0.398. The lowest BCUT2D eigenvalue weighted by Crippen LogP contribution is -2.53. The first kappa shape index (κ1) is 26.1. The molecule has 2 N–H and O–H groups in total. The smallest absolute Gasteiger partial charge is 0.196 e. The van der Waals surface area contributed by atoms with E-state index in [1.54, 1.807) is 6.92 Å². The molecular weight excluding hydrogens is 472 g/mol. The highest BCUT2D eigenvalue weighted by atomic mass is 32.2. The Morgan fingerprint density at radius 2 is 1.94 bits per heavy atom. The second-order valence-corrected chi connectivity index (χ2v) is 10.8. The molecule has 2 aromatic heterocycles. The van der Waals surface area contributed by atoms with Crippen molar-refractivity contribution < 1.29 is 4.79 Å². The highest BCUT2D eigenvalue weighted by Crippen LogP contribution is 2.30. The zero-order valence-electron chi connectivity index (χ0n) is 21.8. The Balaban J connectivity index is 1.55.